The first-order valence-electron chi connectivity index (χ1n) is 10.3. The number of benzene rings is 2. The summed E-state index contributed by atoms with van der Waals surface area (Å²) in [6, 6.07) is 13.8. The number of rotatable bonds is 5. The van der Waals surface area contributed by atoms with Crippen molar-refractivity contribution in [2.75, 3.05) is 16.4 Å². The van der Waals surface area contributed by atoms with Gasteiger partial charge in [-0.25, -0.2) is 14.8 Å². The van der Waals surface area contributed by atoms with E-state index in [0.29, 0.717) is 33.5 Å². The Bertz CT molecular complexity index is 1480. The molecule has 162 valence electrons. The fraction of sp³-hybridized carbons (Fsp3) is 0.0400. The standard InChI is InChI=1S/C25H20N6O2/c1-15-5-2-7-17(11-15)29-25(33)30-18-8-3-6-16(12-18)22(32)20-13-31(19-9-4-10-19)24-21(20)23(26)27-14-28-24/h2-14H,1H3,(H2,26,27,28)(H2,29,30,33). The summed E-state index contributed by atoms with van der Waals surface area (Å²) in [6.07, 6.45) is 8.84. The molecule has 0 radical (unpaired) electrons. The van der Waals surface area contributed by atoms with Gasteiger partial charge in [0, 0.05) is 28.8 Å². The third-order valence-corrected chi connectivity index (χ3v) is 5.33. The lowest BCUT2D eigenvalue weighted by molar-refractivity contribution is 0.104. The molecule has 2 heterocycles. The van der Waals surface area contributed by atoms with E-state index in [9.17, 15) is 9.59 Å². The average Bonchev–Trinajstić information content (AvgIpc) is 3.12. The largest absolute Gasteiger partial charge is 0.383 e. The first kappa shape index (κ1) is 20.2. The quantitative estimate of drug-likeness (QED) is 0.395. The SMILES string of the molecule is Cc1cccc(NC(=O)Nc2cccc(C(=O)c3cn(C4=CC=C4)c4ncnc(N)c34)c2)c1. The predicted octanol–water partition coefficient (Wildman–Crippen LogP) is 4.61. The number of anilines is 3. The number of aromatic nitrogens is 3. The van der Waals surface area contributed by atoms with Crippen molar-refractivity contribution in [2.45, 2.75) is 6.92 Å². The number of nitrogen functional groups attached to an aromatic ring is 1. The zero-order valence-corrected chi connectivity index (χ0v) is 17.7. The normalized spacial score (nSPS) is 12.2. The molecule has 0 spiro atoms. The highest BCUT2D eigenvalue weighted by Crippen LogP contribution is 2.30. The van der Waals surface area contributed by atoms with Gasteiger partial charge in [0.25, 0.3) is 0 Å². The number of nitrogens with zero attached hydrogens (tertiary/aromatic N) is 3. The van der Waals surface area contributed by atoms with Crippen LogP contribution in [-0.2, 0) is 0 Å². The highest BCUT2D eigenvalue weighted by molar-refractivity contribution is 6.19. The molecule has 0 bridgehead atoms. The van der Waals surface area contributed by atoms with Crippen LogP contribution in [-0.4, -0.2) is 26.3 Å². The van der Waals surface area contributed by atoms with Crippen molar-refractivity contribution in [3.05, 3.63) is 96.0 Å². The van der Waals surface area contributed by atoms with Crippen molar-refractivity contribution in [2.24, 2.45) is 0 Å². The Morgan fingerprint density at radius 2 is 1.73 bits per heavy atom. The maximum absolute atomic E-state index is 13.4. The molecule has 0 aliphatic heterocycles. The van der Waals surface area contributed by atoms with E-state index in [1.54, 1.807) is 30.5 Å². The smallest absolute Gasteiger partial charge is 0.323 e. The average molecular weight is 436 g/mol. The Balaban J connectivity index is 1.43. The van der Waals surface area contributed by atoms with Crippen LogP contribution in [0.15, 0.2) is 79.3 Å². The molecule has 0 fully saturated rings. The second kappa shape index (κ2) is 8.08. The topological polar surface area (TPSA) is 115 Å². The van der Waals surface area contributed by atoms with Gasteiger partial charge in [0.15, 0.2) is 11.4 Å². The number of aryl methyl sites for hydroxylation is 1. The van der Waals surface area contributed by atoms with Crippen molar-refractivity contribution in [1.82, 2.24) is 14.5 Å². The van der Waals surface area contributed by atoms with Crippen LogP contribution in [0.3, 0.4) is 0 Å². The second-order valence-corrected chi connectivity index (χ2v) is 7.68. The lowest BCUT2D eigenvalue weighted by Gasteiger charge is -2.09. The number of urea groups is 1. The summed E-state index contributed by atoms with van der Waals surface area (Å²) < 4.78 is 1.82. The van der Waals surface area contributed by atoms with Crippen molar-refractivity contribution in [3.63, 3.8) is 0 Å². The molecule has 1 aliphatic carbocycles. The van der Waals surface area contributed by atoms with E-state index in [4.69, 9.17) is 5.73 Å². The lowest BCUT2D eigenvalue weighted by atomic mass is 10.0. The molecular formula is C25H20N6O2. The van der Waals surface area contributed by atoms with E-state index < -0.39 is 6.03 Å². The van der Waals surface area contributed by atoms with Gasteiger partial charge >= 0.3 is 6.03 Å². The lowest BCUT2D eigenvalue weighted by Crippen LogP contribution is -2.19. The molecule has 2 aromatic carbocycles. The highest BCUT2D eigenvalue weighted by Gasteiger charge is 2.22. The van der Waals surface area contributed by atoms with Crippen molar-refractivity contribution >= 4 is 45.7 Å². The number of carbonyl (C=O) groups excluding carboxylic acids is 2. The summed E-state index contributed by atoms with van der Waals surface area (Å²) in [4.78, 5) is 34.2. The minimum Gasteiger partial charge on any atom is -0.383 e. The van der Waals surface area contributed by atoms with Gasteiger partial charge in [-0.2, -0.15) is 0 Å². The number of ketones is 1. The van der Waals surface area contributed by atoms with Crippen LogP contribution < -0.4 is 16.4 Å². The Morgan fingerprint density at radius 3 is 2.42 bits per heavy atom. The number of allylic oxidation sites excluding steroid dienone is 4. The molecule has 2 amide bonds. The summed E-state index contributed by atoms with van der Waals surface area (Å²) in [5, 5.41) is 6.06. The van der Waals surface area contributed by atoms with Gasteiger partial charge in [0.2, 0.25) is 0 Å². The van der Waals surface area contributed by atoms with Crippen molar-refractivity contribution in [3.8, 4) is 0 Å². The van der Waals surface area contributed by atoms with Gasteiger partial charge in [0.05, 0.1) is 10.9 Å². The minimum absolute atomic E-state index is 0.234. The van der Waals surface area contributed by atoms with Gasteiger partial charge < -0.3 is 20.9 Å². The molecule has 0 saturated heterocycles. The molecule has 1 aliphatic rings. The van der Waals surface area contributed by atoms with E-state index in [2.05, 4.69) is 20.6 Å². The van der Waals surface area contributed by atoms with E-state index >= 15 is 0 Å². The molecular weight excluding hydrogens is 416 g/mol. The number of hydrogen-bond donors (Lipinski definition) is 3. The Kier molecular flexibility index (Phi) is 4.95. The van der Waals surface area contributed by atoms with Crippen molar-refractivity contribution in [1.29, 1.82) is 0 Å². The maximum atomic E-state index is 13.4. The third-order valence-electron chi connectivity index (χ3n) is 5.33. The Labute approximate surface area is 189 Å². The first-order valence-corrected chi connectivity index (χ1v) is 10.3. The van der Waals surface area contributed by atoms with E-state index in [0.717, 1.165) is 11.3 Å². The van der Waals surface area contributed by atoms with Crippen LogP contribution in [0.1, 0.15) is 21.5 Å². The van der Waals surface area contributed by atoms with Gasteiger partial charge in [-0.05, 0) is 48.9 Å². The number of hydrogen-bond acceptors (Lipinski definition) is 5. The Morgan fingerprint density at radius 1 is 1.00 bits per heavy atom. The number of nitrogens with one attached hydrogen (secondary N) is 2. The summed E-state index contributed by atoms with van der Waals surface area (Å²) in [5.74, 6) is -0.00953. The molecule has 2 aromatic heterocycles. The Hall–Kier alpha value is -4.72. The van der Waals surface area contributed by atoms with Gasteiger partial charge in [-0.15, -0.1) is 0 Å². The molecule has 5 rings (SSSR count). The number of carbonyl (C=O) groups is 2. The number of amides is 2. The summed E-state index contributed by atoms with van der Waals surface area (Å²) in [5.41, 5.74) is 10.6. The molecule has 8 nitrogen and oxygen atoms in total. The highest BCUT2D eigenvalue weighted by atomic mass is 16.2. The van der Waals surface area contributed by atoms with E-state index in [1.165, 1.54) is 6.33 Å². The fourth-order valence-electron chi connectivity index (χ4n) is 3.71. The van der Waals surface area contributed by atoms with Crippen LogP contribution in [0.2, 0.25) is 0 Å². The summed E-state index contributed by atoms with van der Waals surface area (Å²) >= 11 is 0. The van der Waals surface area contributed by atoms with Crippen LogP contribution in [0.4, 0.5) is 22.0 Å². The zero-order valence-electron chi connectivity index (χ0n) is 17.7. The van der Waals surface area contributed by atoms with Gasteiger partial charge in [-0.1, -0.05) is 30.3 Å². The van der Waals surface area contributed by atoms with Gasteiger partial charge in [-0.3, -0.25) is 4.79 Å². The molecule has 4 aromatic rings. The predicted molar refractivity (Wildman–Crippen MR) is 129 cm³/mol. The maximum Gasteiger partial charge on any atom is 0.323 e. The second-order valence-electron chi connectivity index (χ2n) is 7.68. The zero-order chi connectivity index (χ0) is 22.9. The molecule has 0 atom stereocenters. The van der Waals surface area contributed by atoms with E-state index in [-0.39, 0.29) is 11.6 Å². The third kappa shape index (κ3) is 3.85. The number of fused-ring (bicyclic) bond motifs is 1. The summed E-state index contributed by atoms with van der Waals surface area (Å²) in [6.45, 7) is 1.95. The fourth-order valence-corrected chi connectivity index (χ4v) is 3.71. The van der Waals surface area contributed by atoms with Crippen molar-refractivity contribution < 1.29 is 9.59 Å². The summed E-state index contributed by atoms with van der Waals surface area (Å²) in [7, 11) is 0. The van der Waals surface area contributed by atoms with Crippen LogP contribution >= 0.6 is 0 Å². The van der Waals surface area contributed by atoms with Gasteiger partial charge in [0.1, 0.15) is 12.1 Å². The molecule has 4 N–H and O–H groups in total. The molecule has 0 saturated carbocycles. The van der Waals surface area contributed by atoms with Crippen LogP contribution in [0.5, 0.6) is 0 Å². The van der Waals surface area contributed by atoms with Crippen LogP contribution in [0, 0.1) is 6.92 Å². The monoisotopic (exact) mass is 436 g/mol. The molecule has 33 heavy (non-hydrogen) atoms. The first-order chi connectivity index (χ1) is 16.0. The van der Waals surface area contributed by atoms with Crippen LogP contribution in [0.25, 0.3) is 16.7 Å². The number of nitrogens with two attached hydrogens (primary N) is 1. The minimum atomic E-state index is -0.400. The van der Waals surface area contributed by atoms with E-state index in [1.807, 2.05) is 54.0 Å². The molecule has 8 heteroatoms. The molecule has 0 unspecified atom stereocenters.